The molecule has 0 aliphatic carbocycles. The Kier molecular flexibility index (Phi) is 2.79. The molecule has 3 nitrogen and oxygen atoms in total. The summed E-state index contributed by atoms with van der Waals surface area (Å²) in [7, 11) is 0. The zero-order chi connectivity index (χ0) is 9.80. The van der Waals surface area contributed by atoms with Crippen LogP contribution in [0.4, 0.5) is 0 Å². The van der Waals surface area contributed by atoms with E-state index in [2.05, 4.69) is 9.97 Å². The summed E-state index contributed by atoms with van der Waals surface area (Å²) in [5.41, 5.74) is 1.91. The number of hydrogen-bond donors (Lipinski definition) is 0. The molecule has 2 aromatic rings. The standard InChI is InChI=1S/C10H10ClN3/c11-5-10-7-14(8-13-10)6-9-3-1-2-4-12-9/h1-4,7-8H,5-6H2. The monoisotopic (exact) mass is 207 g/mol. The van der Waals surface area contributed by atoms with Gasteiger partial charge < -0.3 is 4.57 Å². The minimum absolute atomic E-state index is 0.454. The van der Waals surface area contributed by atoms with Crippen LogP contribution in [0, 0.1) is 0 Å². The van der Waals surface area contributed by atoms with Crippen LogP contribution >= 0.6 is 11.6 Å². The van der Waals surface area contributed by atoms with Crippen molar-refractivity contribution in [3.05, 3.63) is 48.3 Å². The normalized spacial score (nSPS) is 10.4. The lowest BCUT2D eigenvalue weighted by Crippen LogP contribution is -1.98. The number of halogens is 1. The van der Waals surface area contributed by atoms with Crippen LogP contribution in [0.5, 0.6) is 0 Å². The number of pyridine rings is 1. The lowest BCUT2D eigenvalue weighted by molar-refractivity contribution is 0.772. The van der Waals surface area contributed by atoms with E-state index in [1.807, 2.05) is 29.0 Å². The number of aromatic nitrogens is 3. The van der Waals surface area contributed by atoms with E-state index in [0.717, 1.165) is 17.9 Å². The van der Waals surface area contributed by atoms with Crippen LogP contribution in [0.15, 0.2) is 36.9 Å². The summed E-state index contributed by atoms with van der Waals surface area (Å²) in [5.74, 6) is 0.454. The largest absolute Gasteiger partial charge is 0.331 e. The number of rotatable bonds is 3. The van der Waals surface area contributed by atoms with E-state index in [0.29, 0.717) is 5.88 Å². The number of nitrogens with zero attached hydrogens (tertiary/aromatic N) is 3. The summed E-state index contributed by atoms with van der Waals surface area (Å²) in [6, 6.07) is 5.86. The highest BCUT2D eigenvalue weighted by molar-refractivity contribution is 6.16. The van der Waals surface area contributed by atoms with Gasteiger partial charge in [0.1, 0.15) is 0 Å². The Bertz CT molecular complexity index is 397. The third-order valence-corrected chi connectivity index (χ3v) is 2.17. The molecular formula is C10H10ClN3. The van der Waals surface area contributed by atoms with Gasteiger partial charge in [0.2, 0.25) is 0 Å². The quantitative estimate of drug-likeness (QED) is 0.722. The maximum absolute atomic E-state index is 5.65. The highest BCUT2D eigenvalue weighted by atomic mass is 35.5. The molecule has 0 fully saturated rings. The van der Waals surface area contributed by atoms with Crippen LogP contribution in [0.25, 0.3) is 0 Å². The molecule has 0 spiro atoms. The molecule has 0 saturated heterocycles. The van der Waals surface area contributed by atoms with Gasteiger partial charge in [-0.1, -0.05) is 6.07 Å². The van der Waals surface area contributed by atoms with Crippen LogP contribution in [-0.4, -0.2) is 14.5 Å². The van der Waals surface area contributed by atoms with Crippen molar-refractivity contribution in [1.29, 1.82) is 0 Å². The van der Waals surface area contributed by atoms with Gasteiger partial charge in [0.05, 0.1) is 30.1 Å². The molecule has 0 amide bonds. The van der Waals surface area contributed by atoms with E-state index in [9.17, 15) is 0 Å². The third-order valence-electron chi connectivity index (χ3n) is 1.89. The van der Waals surface area contributed by atoms with Crippen molar-refractivity contribution in [3.8, 4) is 0 Å². The van der Waals surface area contributed by atoms with Crippen molar-refractivity contribution in [2.45, 2.75) is 12.4 Å². The summed E-state index contributed by atoms with van der Waals surface area (Å²) in [4.78, 5) is 8.36. The molecule has 0 aliphatic heterocycles. The molecule has 0 saturated carbocycles. The van der Waals surface area contributed by atoms with Crippen LogP contribution in [0.2, 0.25) is 0 Å². The first-order valence-corrected chi connectivity index (χ1v) is 4.88. The highest BCUT2D eigenvalue weighted by Crippen LogP contribution is 2.03. The summed E-state index contributed by atoms with van der Waals surface area (Å²) in [6.45, 7) is 0.741. The number of alkyl halides is 1. The molecule has 2 heterocycles. The highest BCUT2D eigenvalue weighted by Gasteiger charge is 1.98. The van der Waals surface area contributed by atoms with Gasteiger partial charge in [0, 0.05) is 12.4 Å². The van der Waals surface area contributed by atoms with Gasteiger partial charge in [-0.3, -0.25) is 4.98 Å². The smallest absolute Gasteiger partial charge is 0.0953 e. The Labute approximate surface area is 87.4 Å². The Balaban J connectivity index is 2.11. The molecule has 72 valence electrons. The van der Waals surface area contributed by atoms with Gasteiger partial charge in [-0.05, 0) is 12.1 Å². The fraction of sp³-hybridized carbons (Fsp3) is 0.200. The average Bonchev–Trinajstić information content (AvgIpc) is 2.67. The molecule has 4 heteroatoms. The molecule has 14 heavy (non-hydrogen) atoms. The Morgan fingerprint density at radius 1 is 1.21 bits per heavy atom. The van der Waals surface area contributed by atoms with Gasteiger partial charge in [0.15, 0.2) is 0 Å². The van der Waals surface area contributed by atoms with Gasteiger partial charge in [0.25, 0.3) is 0 Å². The zero-order valence-electron chi connectivity index (χ0n) is 7.60. The van der Waals surface area contributed by atoms with Gasteiger partial charge >= 0.3 is 0 Å². The van der Waals surface area contributed by atoms with Crippen LogP contribution in [0.1, 0.15) is 11.4 Å². The lowest BCUT2D eigenvalue weighted by Gasteiger charge is -1.99. The molecule has 0 aromatic carbocycles. The number of imidazole rings is 1. The fourth-order valence-corrected chi connectivity index (χ4v) is 1.38. The van der Waals surface area contributed by atoms with E-state index in [4.69, 9.17) is 11.6 Å². The molecule has 0 N–H and O–H groups in total. The predicted molar refractivity (Wildman–Crippen MR) is 55.1 cm³/mol. The molecule has 2 aromatic heterocycles. The lowest BCUT2D eigenvalue weighted by atomic mass is 10.3. The first-order valence-electron chi connectivity index (χ1n) is 4.35. The second kappa shape index (κ2) is 4.24. The molecular weight excluding hydrogens is 198 g/mol. The summed E-state index contributed by atoms with van der Waals surface area (Å²) in [5, 5.41) is 0. The molecule has 0 atom stereocenters. The van der Waals surface area contributed by atoms with Crippen LogP contribution in [-0.2, 0) is 12.4 Å². The van der Waals surface area contributed by atoms with E-state index >= 15 is 0 Å². The topological polar surface area (TPSA) is 30.7 Å². The third kappa shape index (κ3) is 2.12. The Morgan fingerprint density at radius 2 is 2.14 bits per heavy atom. The van der Waals surface area contributed by atoms with E-state index in [1.165, 1.54) is 0 Å². The summed E-state index contributed by atoms with van der Waals surface area (Å²) < 4.78 is 1.97. The first-order chi connectivity index (χ1) is 6.88. The van der Waals surface area contributed by atoms with Gasteiger partial charge in [-0.25, -0.2) is 4.98 Å². The molecule has 0 bridgehead atoms. The minimum Gasteiger partial charge on any atom is -0.331 e. The van der Waals surface area contributed by atoms with Crippen molar-refractivity contribution in [2.24, 2.45) is 0 Å². The van der Waals surface area contributed by atoms with Crippen molar-refractivity contribution < 1.29 is 0 Å². The Hall–Kier alpha value is -1.35. The van der Waals surface area contributed by atoms with E-state index in [1.54, 1.807) is 12.5 Å². The fourth-order valence-electron chi connectivity index (χ4n) is 1.24. The summed E-state index contributed by atoms with van der Waals surface area (Å²) >= 11 is 5.65. The van der Waals surface area contributed by atoms with Crippen molar-refractivity contribution in [1.82, 2.24) is 14.5 Å². The minimum atomic E-state index is 0.454. The SMILES string of the molecule is ClCc1cn(Cc2ccccn2)cn1. The average molecular weight is 208 g/mol. The maximum Gasteiger partial charge on any atom is 0.0953 e. The molecule has 0 radical (unpaired) electrons. The number of hydrogen-bond acceptors (Lipinski definition) is 2. The van der Waals surface area contributed by atoms with Crippen molar-refractivity contribution >= 4 is 11.6 Å². The van der Waals surface area contributed by atoms with Crippen LogP contribution < -0.4 is 0 Å². The van der Waals surface area contributed by atoms with Crippen molar-refractivity contribution in [2.75, 3.05) is 0 Å². The molecule has 2 rings (SSSR count). The maximum atomic E-state index is 5.65. The second-order valence-corrected chi connectivity index (χ2v) is 3.26. The second-order valence-electron chi connectivity index (χ2n) is 2.99. The summed E-state index contributed by atoms with van der Waals surface area (Å²) in [6.07, 6.45) is 5.49. The molecule has 0 unspecified atom stereocenters. The predicted octanol–water partition coefficient (Wildman–Crippen LogP) is 2.07. The van der Waals surface area contributed by atoms with Gasteiger partial charge in [-0.2, -0.15) is 0 Å². The van der Waals surface area contributed by atoms with E-state index < -0.39 is 0 Å². The van der Waals surface area contributed by atoms with E-state index in [-0.39, 0.29) is 0 Å². The molecule has 0 aliphatic rings. The van der Waals surface area contributed by atoms with Crippen molar-refractivity contribution in [3.63, 3.8) is 0 Å². The van der Waals surface area contributed by atoms with Gasteiger partial charge in [-0.15, -0.1) is 11.6 Å². The Morgan fingerprint density at radius 3 is 2.79 bits per heavy atom. The first kappa shape index (κ1) is 9.21. The van der Waals surface area contributed by atoms with Crippen LogP contribution in [0.3, 0.4) is 0 Å². The zero-order valence-corrected chi connectivity index (χ0v) is 8.35.